The van der Waals surface area contributed by atoms with Gasteiger partial charge in [-0.1, -0.05) is 6.07 Å². The molecule has 0 spiro atoms. The molecule has 4 heteroatoms. The number of hydrogen-bond donors (Lipinski definition) is 2. The van der Waals surface area contributed by atoms with E-state index in [0.29, 0.717) is 6.54 Å². The SMILES string of the molecule is CNCC(=O)N[C@@H](C)c1cccnc1. The molecule has 14 heavy (non-hydrogen) atoms. The van der Waals surface area contributed by atoms with E-state index in [1.807, 2.05) is 19.1 Å². The second kappa shape index (κ2) is 5.34. The number of carbonyl (C=O) groups excluding carboxylic acids is 1. The Balaban J connectivity index is 2.50. The molecule has 2 N–H and O–H groups in total. The normalized spacial score (nSPS) is 12.1. The van der Waals surface area contributed by atoms with E-state index in [1.54, 1.807) is 19.4 Å². The van der Waals surface area contributed by atoms with E-state index in [0.717, 1.165) is 5.56 Å². The number of pyridine rings is 1. The third-order valence-electron chi connectivity index (χ3n) is 1.90. The van der Waals surface area contributed by atoms with Crippen molar-refractivity contribution in [2.75, 3.05) is 13.6 Å². The third kappa shape index (κ3) is 3.14. The molecule has 0 aliphatic carbocycles. The van der Waals surface area contributed by atoms with Gasteiger partial charge in [-0.15, -0.1) is 0 Å². The molecule has 4 nitrogen and oxygen atoms in total. The van der Waals surface area contributed by atoms with Crippen LogP contribution in [0.15, 0.2) is 24.5 Å². The van der Waals surface area contributed by atoms with E-state index in [9.17, 15) is 4.79 Å². The second-order valence-corrected chi connectivity index (χ2v) is 3.11. The number of likely N-dealkylation sites (N-methyl/N-ethyl adjacent to an activating group) is 1. The molecule has 1 amide bonds. The average Bonchev–Trinajstić information content (AvgIpc) is 2.19. The van der Waals surface area contributed by atoms with E-state index in [1.165, 1.54) is 0 Å². The first kappa shape index (κ1) is 10.7. The summed E-state index contributed by atoms with van der Waals surface area (Å²) in [5, 5.41) is 5.65. The Morgan fingerprint density at radius 3 is 3.00 bits per heavy atom. The molecule has 0 aromatic carbocycles. The molecule has 0 saturated carbocycles. The summed E-state index contributed by atoms with van der Waals surface area (Å²) in [4.78, 5) is 15.2. The van der Waals surface area contributed by atoms with Gasteiger partial charge in [0.15, 0.2) is 0 Å². The van der Waals surface area contributed by atoms with Crippen molar-refractivity contribution < 1.29 is 4.79 Å². The van der Waals surface area contributed by atoms with Crippen LogP contribution in [0.25, 0.3) is 0 Å². The highest BCUT2D eigenvalue weighted by atomic mass is 16.1. The van der Waals surface area contributed by atoms with Crippen LogP contribution < -0.4 is 10.6 Å². The molecule has 0 aliphatic heterocycles. The standard InChI is InChI=1S/C10H15N3O/c1-8(13-10(14)7-11-2)9-4-3-5-12-6-9/h3-6,8,11H,7H2,1-2H3,(H,13,14)/t8-/m0/s1. The predicted octanol–water partition coefficient (Wildman–Crippen LogP) is 0.478. The largest absolute Gasteiger partial charge is 0.348 e. The topological polar surface area (TPSA) is 54.0 Å². The highest BCUT2D eigenvalue weighted by Gasteiger charge is 2.07. The van der Waals surface area contributed by atoms with Gasteiger partial charge < -0.3 is 10.6 Å². The molecule has 1 heterocycles. The number of nitrogens with zero attached hydrogens (tertiary/aromatic N) is 1. The molecule has 0 fully saturated rings. The summed E-state index contributed by atoms with van der Waals surface area (Å²) in [6.45, 7) is 2.27. The van der Waals surface area contributed by atoms with E-state index < -0.39 is 0 Å². The van der Waals surface area contributed by atoms with Gasteiger partial charge in [-0.25, -0.2) is 0 Å². The molecular formula is C10H15N3O. The van der Waals surface area contributed by atoms with Gasteiger partial charge in [-0.05, 0) is 25.6 Å². The molecule has 0 bridgehead atoms. The summed E-state index contributed by atoms with van der Waals surface area (Å²) in [5.41, 5.74) is 1.01. The van der Waals surface area contributed by atoms with Gasteiger partial charge in [0.2, 0.25) is 5.91 Å². The first-order valence-corrected chi connectivity index (χ1v) is 4.58. The second-order valence-electron chi connectivity index (χ2n) is 3.11. The minimum atomic E-state index is -0.0103. The molecule has 0 unspecified atom stereocenters. The molecule has 0 radical (unpaired) electrons. The van der Waals surface area contributed by atoms with E-state index in [-0.39, 0.29) is 11.9 Å². The maximum Gasteiger partial charge on any atom is 0.234 e. The van der Waals surface area contributed by atoms with Crippen LogP contribution >= 0.6 is 0 Å². The summed E-state index contributed by atoms with van der Waals surface area (Å²) in [6.07, 6.45) is 3.47. The zero-order valence-electron chi connectivity index (χ0n) is 8.45. The molecular weight excluding hydrogens is 178 g/mol. The third-order valence-corrected chi connectivity index (χ3v) is 1.90. The van der Waals surface area contributed by atoms with Crippen molar-refractivity contribution in [1.82, 2.24) is 15.6 Å². The Labute approximate surface area is 83.7 Å². The zero-order chi connectivity index (χ0) is 10.4. The Hall–Kier alpha value is -1.42. The van der Waals surface area contributed by atoms with Gasteiger partial charge in [0.25, 0.3) is 0 Å². The fourth-order valence-corrected chi connectivity index (χ4v) is 1.17. The van der Waals surface area contributed by atoms with Crippen LogP contribution in [0.5, 0.6) is 0 Å². The van der Waals surface area contributed by atoms with Crippen LogP contribution in [0.3, 0.4) is 0 Å². The minimum Gasteiger partial charge on any atom is -0.348 e. The zero-order valence-corrected chi connectivity index (χ0v) is 8.45. The molecule has 0 saturated heterocycles. The van der Waals surface area contributed by atoms with Crippen molar-refractivity contribution >= 4 is 5.91 Å². The van der Waals surface area contributed by atoms with Gasteiger partial charge >= 0.3 is 0 Å². The molecule has 1 atom stereocenters. The van der Waals surface area contributed by atoms with Crippen molar-refractivity contribution in [2.45, 2.75) is 13.0 Å². The van der Waals surface area contributed by atoms with Gasteiger partial charge in [0, 0.05) is 12.4 Å². The monoisotopic (exact) mass is 193 g/mol. The predicted molar refractivity (Wildman–Crippen MR) is 54.7 cm³/mol. The summed E-state index contributed by atoms with van der Waals surface area (Å²) >= 11 is 0. The molecule has 0 aliphatic rings. The lowest BCUT2D eigenvalue weighted by atomic mass is 10.1. The van der Waals surface area contributed by atoms with Crippen molar-refractivity contribution in [1.29, 1.82) is 0 Å². The number of hydrogen-bond acceptors (Lipinski definition) is 3. The van der Waals surface area contributed by atoms with E-state index in [4.69, 9.17) is 0 Å². The van der Waals surface area contributed by atoms with E-state index in [2.05, 4.69) is 15.6 Å². The summed E-state index contributed by atoms with van der Waals surface area (Å²) < 4.78 is 0. The van der Waals surface area contributed by atoms with Crippen LogP contribution in [0.4, 0.5) is 0 Å². The first-order chi connectivity index (χ1) is 6.74. The van der Waals surface area contributed by atoms with Gasteiger partial charge in [-0.2, -0.15) is 0 Å². The van der Waals surface area contributed by atoms with Crippen LogP contribution in [-0.2, 0) is 4.79 Å². The number of aromatic nitrogens is 1. The Morgan fingerprint density at radius 2 is 2.43 bits per heavy atom. The number of nitrogens with one attached hydrogen (secondary N) is 2. The molecule has 1 aromatic rings. The van der Waals surface area contributed by atoms with Crippen LogP contribution in [0.1, 0.15) is 18.5 Å². The number of carbonyl (C=O) groups is 1. The highest BCUT2D eigenvalue weighted by Crippen LogP contribution is 2.08. The Morgan fingerprint density at radius 1 is 1.64 bits per heavy atom. The average molecular weight is 193 g/mol. The van der Waals surface area contributed by atoms with Gasteiger partial charge in [0.05, 0.1) is 12.6 Å². The Kier molecular flexibility index (Phi) is 4.07. The van der Waals surface area contributed by atoms with Gasteiger partial charge in [0.1, 0.15) is 0 Å². The smallest absolute Gasteiger partial charge is 0.234 e. The fourth-order valence-electron chi connectivity index (χ4n) is 1.17. The summed E-state index contributed by atoms with van der Waals surface area (Å²) in [5.74, 6) is -0.0103. The van der Waals surface area contributed by atoms with Crippen molar-refractivity contribution in [3.8, 4) is 0 Å². The van der Waals surface area contributed by atoms with E-state index >= 15 is 0 Å². The quantitative estimate of drug-likeness (QED) is 0.731. The lowest BCUT2D eigenvalue weighted by Gasteiger charge is -2.13. The highest BCUT2D eigenvalue weighted by molar-refractivity contribution is 5.78. The van der Waals surface area contributed by atoms with Crippen molar-refractivity contribution in [2.24, 2.45) is 0 Å². The molecule has 1 rings (SSSR count). The fraction of sp³-hybridized carbons (Fsp3) is 0.400. The molecule has 1 aromatic heterocycles. The maximum absolute atomic E-state index is 11.2. The van der Waals surface area contributed by atoms with Crippen LogP contribution in [0, 0.1) is 0 Å². The lowest BCUT2D eigenvalue weighted by molar-refractivity contribution is -0.120. The van der Waals surface area contributed by atoms with Crippen LogP contribution in [-0.4, -0.2) is 24.5 Å². The number of rotatable bonds is 4. The lowest BCUT2D eigenvalue weighted by Crippen LogP contribution is -2.33. The Bertz CT molecular complexity index is 287. The number of amides is 1. The van der Waals surface area contributed by atoms with Crippen molar-refractivity contribution in [3.63, 3.8) is 0 Å². The van der Waals surface area contributed by atoms with Crippen LogP contribution in [0.2, 0.25) is 0 Å². The van der Waals surface area contributed by atoms with Gasteiger partial charge in [-0.3, -0.25) is 9.78 Å². The summed E-state index contributed by atoms with van der Waals surface area (Å²) in [7, 11) is 1.74. The molecule has 76 valence electrons. The maximum atomic E-state index is 11.2. The summed E-state index contributed by atoms with van der Waals surface area (Å²) in [6, 6.07) is 3.80. The first-order valence-electron chi connectivity index (χ1n) is 4.58. The van der Waals surface area contributed by atoms with Crippen molar-refractivity contribution in [3.05, 3.63) is 30.1 Å². The minimum absolute atomic E-state index is 0.00421.